The van der Waals surface area contributed by atoms with Crippen LogP contribution in [0.2, 0.25) is 0 Å². The van der Waals surface area contributed by atoms with Crippen molar-refractivity contribution in [3.05, 3.63) is 0 Å². The van der Waals surface area contributed by atoms with Crippen LogP contribution in [0.1, 0.15) is 19.3 Å². The largest absolute Gasteiger partial charge is 0.481 e. The van der Waals surface area contributed by atoms with Gasteiger partial charge in [0.15, 0.2) is 0 Å². The lowest BCUT2D eigenvalue weighted by molar-refractivity contribution is -0.139. The number of carboxylic acids is 1. The van der Waals surface area contributed by atoms with Gasteiger partial charge in [-0.1, -0.05) is 0 Å². The molecule has 2 amide bonds. The lowest BCUT2D eigenvalue weighted by atomic mass is 9.97. The third kappa shape index (κ3) is 2.88. The van der Waals surface area contributed by atoms with E-state index in [4.69, 9.17) is 5.11 Å². The van der Waals surface area contributed by atoms with Crippen molar-refractivity contribution in [3.63, 3.8) is 0 Å². The van der Waals surface area contributed by atoms with Crippen molar-refractivity contribution in [3.8, 4) is 0 Å². The van der Waals surface area contributed by atoms with Gasteiger partial charge in [0.05, 0.1) is 12.5 Å². The number of piperidine rings is 1. The summed E-state index contributed by atoms with van der Waals surface area (Å²) in [4.78, 5) is 25.8. The van der Waals surface area contributed by atoms with E-state index in [1.54, 1.807) is 9.80 Å². The number of hydrogen-bond acceptors (Lipinski definition) is 3. The van der Waals surface area contributed by atoms with Crippen LogP contribution < -0.4 is 0 Å². The fourth-order valence-corrected chi connectivity index (χ4v) is 2.36. The van der Waals surface area contributed by atoms with E-state index in [0.717, 1.165) is 0 Å². The minimum absolute atomic E-state index is 0.0152. The zero-order valence-electron chi connectivity index (χ0n) is 9.71. The normalized spacial score (nSPS) is 22.4. The number of carboxylic acid groups (broad SMARTS) is 1. The molecule has 2 rings (SSSR count). The Bertz CT molecular complexity index is 307. The first-order valence-corrected chi connectivity index (χ1v) is 6.00. The number of aliphatic hydroxyl groups is 1. The van der Waals surface area contributed by atoms with E-state index in [0.29, 0.717) is 39.0 Å². The summed E-state index contributed by atoms with van der Waals surface area (Å²) in [5.41, 5.74) is 0. The highest BCUT2D eigenvalue weighted by atomic mass is 16.4. The maximum atomic E-state index is 11.9. The molecule has 0 aromatic rings. The molecule has 0 spiro atoms. The van der Waals surface area contributed by atoms with Gasteiger partial charge in [0.2, 0.25) is 0 Å². The summed E-state index contributed by atoms with van der Waals surface area (Å²) in [6.07, 6.45) is 1.13. The number of aliphatic hydroxyl groups excluding tert-OH is 1. The molecular formula is C11H18N2O4. The van der Waals surface area contributed by atoms with Gasteiger partial charge < -0.3 is 20.0 Å². The summed E-state index contributed by atoms with van der Waals surface area (Å²) < 4.78 is 0. The smallest absolute Gasteiger partial charge is 0.320 e. The predicted octanol–water partition coefficient (Wildman–Crippen LogP) is -0.0304. The van der Waals surface area contributed by atoms with E-state index in [1.165, 1.54) is 0 Å². The molecule has 6 nitrogen and oxygen atoms in total. The van der Waals surface area contributed by atoms with E-state index in [9.17, 15) is 14.7 Å². The highest BCUT2D eigenvalue weighted by Crippen LogP contribution is 2.22. The van der Waals surface area contributed by atoms with Gasteiger partial charge in [0.25, 0.3) is 0 Å². The molecule has 0 aliphatic carbocycles. The average molecular weight is 242 g/mol. The lowest BCUT2D eigenvalue weighted by Gasteiger charge is -2.42. The van der Waals surface area contributed by atoms with Gasteiger partial charge in [-0.15, -0.1) is 0 Å². The minimum Gasteiger partial charge on any atom is -0.481 e. The molecule has 0 aromatic heterocycles. The third-order valence-electron chi connectivity index (χ3n) is 3.43. The number of likely N-dealkylation sites (tertiary alicyclic amines) is 2. The Morgan fingerprint density at radius 2 is 1.71 bits per heavy atom. The Hall–Kier alpha value is -1.30. The van der Waals surface area contributed by atoms with Crippen LogP contribution in [0.4, 0.5) is 4.79 Å². The van der Waals surface area contributed by atoms with E-state index >= 15 is 0 Å². The average Bonchev–Trinajstić information content (AvgIpc) is 2.23. The first kappa shape index (κ1) is 12.2. The van der Waals surface area contributed by atoms with Gasteiger partial charge in [-0.3, -0.25) is 4.79 Å². The zero-order chi connectivity index (χ0) is 12.4. The van der Waals surface area contributed by atoms with Gasteiger partial charge in [0, 0.05) is 32.1 Å². The first-order valence-electron chi connectivity index (χ1n) is 6.00. The summed E-state index contributed by atoms with van der Waals surface area (Å²) in [5.74, 6) is -0.699. The predicted molar refractivity (Wildman–Crippen MR) is 59.5 cm³/mol. The molecule has 0 unspecified atom stereocenters. The van der Waals surface area contributed by atoms with E-state index in [1.807, 2.05) is 0 Å². The molecule has 2 fully saturated rings. The van der Waals surface area contributed by atoms with Gasteiger partial charge >= 0.3 is 12.0 Å². The Kier molecular flexibility index (Phi) is 3.51. The topological polar surface area (TPSA) is 81.1 Å². The second kappa shape index (κ2) is 4.91. The lowest BCUT2D eigenvalue weighted by Crippen LogP contribution is -2.56. The number of aliphatic carboxylic acids is 1. The second-order valence-electron chi connectivity index (χ2n) is 4.87. The summed E-state index contributed by atoms with van der Waals surface area (Å²) in [7, 11) is 0. The van der Waals surface area contributed by atoms with Crippen LogP contribution in [0, 0.1) is 5.92 Å². The van der Waals surface area contributed by atoms with Crippen molar-refractivity contribution in [1.82, 2.24) is 9.80 Å². The number of urea groups is 1. The van der Waals surface area contributed by atoms with Crippen LogP contribution >= 0.6 is 0 Å². The molecule has 0 aromatic carbocycles. The first-order chi connectivity index (χ1) is 8.06. The molecule has 0 atom stereocenters. The number of hydrogen-bond donors (Lipinski definition) is 2. The summed E-state index contributed by atoms with van der Waals surface area (Å²) >= 11 is 0. The molecule has 0 saturated carbocycles. The van der Waals surface area contributed by atoms with E-state index < -0.39 is 5.97 Å². The molecule has 2 N–H and O–H groups in total. The molecule has 6 heteroatoms. The van der Waals surface area contributed by atoms with Gasteiger partial charge in [0.1, 0.15) is 0 Å². The van der Waals surface area contributed by atoms with Crippen molar-refractivity contribution in [2.24, 2.45) is 5.92 Å². The van der Waals surface area contributed by atoms with Crippen molar-refractivity contribution in [2.45, 2.75) is 25.4 Å². The Labute approximate surface area is 99.8 Å². The fourth-order valence-electron chi connectivity index (χ4n) is 2.36. The highest BCUT2D eigenvalue weighted by molar-refractivity contribution is 5.76. The number of carbonyl (C=O) groups is 2. The Balaban J connectivity index is 1.73. The summed E-state index contributed by atoms with van der Waals surface area (Å²) in [6.45, 7) is 2.29. The van der Waals surface area contributed by atoms with Gasteiger partial charge in [-0.05, 0) is 12.8 Å². The zero-order valence-corrected chi connectivity index (χ0v) is 9.71. The van der Waals surface area contributed by atoms with Crippen molar-refractivity contribution < 1.29 is 19.8 Å². The quantitative estimate of drug-likeness (QED) is 0.712. The number of nitrogens with zero attached hydrogens (tertiary/aromatic N) is 2. The number of amides is 2. The molecule has 17 heavy (non-hydrogen) atoms. The fraction of sp³-hybridized carbons (Fsp3) is 0.818. The molecule has 2 aliphatic heterocycles. The highest BCUT2D eigenvalue weighted by Gasteiger charge is 2.35. The molecule has 0 radical (unpaired) electrons. The maximum Gasteiger partial charge on any atom is 0.320 e. The Morgan fingerprint density at radius 1 is 1.12 bits per heavy atom. The monoisotopic (exact) mass is 242 g/mol. The SMILES string of the molecule is O=C(O)CC1CN(C(=O)N2CCC(O)CC2)C1. The third-order valence-corrected chi connectivity index (χ3v) is 3.43. The van der Waals surface area contributed by atoms with Crippen molar-refractivity contribution in [2.75, 3.05) is 26.2 Å². The second-order valence-corrected chi connectivity index (χ2v) is 4.87. The molecule has 2 saturated heterocycles. The van der Waals surface area contributed by atoms with Gasteiger partial charge in [-0.2, -0.15) is 0 Å². The summed E-state index contributed by atoms with van der Waals surface area (Å²) in [6, 6.07) is -0.0152. The van der Waals surface area contributed by atoms with Crippen molar-refractivity contribution >= 4 is 12.0 Å². The van der Waals surface area contributed by atoms with Crippen molar-refractivity contribution in [1.29, 1.82) is 0 Å². The molecule has 2 aliphatic rings. The van der Waals surface area contributed by atoms with Crippen LogP contribution in [-0.4, -0.2) is 64.3 Å². The number of carbonyl (C=O) groups excluding carboxylic acids is 1. The van der Waals surface area contributed by atoms with Crippen LogP contribution in [0.5, 0.6) is 0 Å². The van der Waals surface area contributed by atoms with E-state index in [-0.39, 0.29) is 24.5 Å². The molecular weight excluding hydrogens is 224 g/mol. The van der Waals surface area contributed by atoms with Crippen LogP contribution in [0.15, 0.2) is 0 Å². The maximum absolute atomic E-state index is 11.9. The Morgan fingerprint density at radius 3 is 2.24 bits per heavy atom. The number of rotatable bonds is 2. The van der Waals surface area contributed by atoms with Crippen LogP contribution in [0.25, 0.3) is 0 Å². The van der Waals surface area contributed by atoms with Gasteiger partial charge in [-0.25, -0.2) is 4.79 Å². The molecule has 96 valence electrons. The molecule has 0 bridgehead atoms. The summed E-state index contributed by atoms with van der Waals surface area (Å²) in [5, 5.41) is 18.0. The standard InChI is InChI=1S/C11H18N2O4/c14-9-1-3-12(4-2-9)11(17)13-6-8(7-13)5-10(15)16/h8-9,14H,1-7H2,(H,15,16). The van der Waals surface area contributed by atoms with E-state index in [2.05, 4.69) is 0 Å². The minimum atomic E-state index is -0.803. The van der Waals surface area contributed by atoms with Crippen LogP contribution in [0.3, 0.4) is 0 Å². The molecule has 2 heterocycles. The van der Waals surface area contributed by atoms with Crippen LogP contribution in [-0.2, 0) is 4.79 Å².